The minimum atomic E-state index is -1.16. The first-order valence-corrected chi connectivity index (χ1v) is 16.1. The van der Waals surface area contributed by atoms with Crippen LogP contribution < -0.4 is 15.0 Å². The quantitative estimate of drug-likeness (QED) is 0.0989. The largest absolute Gasteiger partial charge is 0.475 e. The van der Waals surface area contributed by atoms with Crippen LogP contribution in [0.1, 0.15) is 67.0 Å². The Balaban J connectivity index is 1.33. The zero-order chi connectivity index (χ0) is 34.5. The highest BCUT2D eigenvalue weighted by molar-refractivity contribution is 6.20. The van der Waals surface area contributed by atoms with Gasteiger partial charge in [0.05, 0.1) is 23.0 Å². The van der Waals surface area contributed by atoms with Gasteiger partial charge in [0.1, 0.15) is 12.2 Å². The van der Waals surface area contributed by atoms with Crippen molar-refractivity contribution in [2.75, 3.05) is 0 Å². The molecule has 8 heteroatoms. The fourth-order valence-corrected chi connectivity index (χ4v) is 5.89. The van der Waals surface area contributed by atoms with E-state index in [-0.39, 0.29) is 22.6 Å². The Morgan fingerprint density at radius 2 is 0.960 bits per heavy atom. The van der Waals surface area contributed by atoms with E-state index in [2.05, 4.69) is 6.58 Å². The lowest BCUT2D eigenvalue weighted by molar-refractivity contribution is -0.124. The Labute approximate surface area is 288 Å². The number of carbonyl (C=O) groups is 2. The van der Waals surface area contributed by atoms with Gasteiger partial charge in [0.2, 0.25) is 5.43 Å². The highest BCUT2D eigenvalue weighted by atomic mass is 16.7. The van der Waals surface area contributed by atoms with Gasteiger partial charge in [-0.1, -0.05) is 140 Å². The molecule has 1 aliphatic rings. The van der Waals surface area contributed by atoms with Gasteiger partial charge in [0.25, 0.3) is 11.8 Å². The Hall–Kier alpha value is -6.51. The number of imide groups is 1. The minimum absolute atomic E-state index is 0.00914. The summed E-state index contributed by atoms with van der Waals surface area (Å²) in [5.41, 5.74) is 3.53. The molecule has 5 aromatic carbocycles. The van der Waals surface area contributed by atoms with Crippen molar-refractivity contribution in [3.8, 4) is 5.75 Å². The smallest absolute Gasteiger partial charge is 0.285 e. The second-order valence-electron chi connectivity index (χ2n) is 11.6. The van der Waals surface area contributed by atoms with Crippen LogP contribution in [0.3, 0.4) is 0 Å². The van der Waals surface area contributed by atoms with Gasteiger partial charge in [0.15, 0.2) is 11.9 Å². The maximum Gasteiger partial charge on any atom is 0.285 e. The van der Waals surface area contributed by atoms with Gasteiger partial charge in [-0.05, 0) is 34.4 Å². The molecule has 2 heterocycles. The monoisotopic (exact) mass is 660 g/mol. The van der Waals surface area contributed by atoms with Gasteiger partial charge in [-0.15, -0.1) is 11.6 Å². The SMILES string of the molecule is C=CC(ON1C(=O)c2ccccc2C1=O)c1cc(=O)c(OC(c2ccccc2)c2ccccc2)cn1OC(c1ccccc1)c1ccccc1. The molecular weight excluding hydrogens is 628 g/mol. The third-order valence-electron chi connectivity index (χ3n) is 8.37. The van der Waals surface area contributed by atoms with E-state index in [0.29, 0.717) is 5.06 Å². The number of hydroxylamine groups is 2. The van der Waals surface area contributed by atoms with Gasteiger partial charge >= 0.3 is 0 Å². The zero-order valence-electron chi connectivity index (χ0n) is 26.9. The van der Waals surface area contributed by atoms with Crippen LogP contribution in [0.2, 0.25) is 0 Å². The average molecular weight is 661 g/mol. The molecule has 246 valence electrons. The summed E-state index contributed by atoms with van der Waals surface area (Å²) in [5.74, 6) is -1.23. The number of pyridine rings is 1. The molecule has 0 N–H and O–H groups in total. The summed E-state index contributed by atoms with van der Waals surface area (Å²) in [4.78, 5) is 53.3. The van der Waals surface area contributed by atoms with Gasteiger partial charge in [-0.2, -0.15) is 4.73 Å². The number of rotatable bonds is 12. The summed E-state index contributed by atoms with van der Waals surface area (Å²) in [6.45, 7) is 3.92. The standard InChI is InChI=1S/C42H32N2O6/c1-2-37(49-44-41(46)33-25-15-16-26-34(33)42(44)47)35-27-36(45)38(48-39(29-17-7-3-8-18-29)30-19-9-4-10-20-30)28-43(35)50-40(31-21-11-5-12-22-31)32-23-13-6-14-24-32/h2-28,37,39-40H,1H2. The Bertz CT molecular complexity index is 2070. The Morgan fingerprint density at radius 3 is 1.40 bits per heavy atom. The second kappa shape index (κ2) is 14.3. The van der Waals surface area contributed by atoms with Crippen LogP contribution in [0.25, 0.3) is 0 Å². The van der Waals surface area contributed by atoms with E-state index in [4.69, 9.17) is 14.4 Å². The number of carbonyl (C=O) groups excluding carboxylic acids is 2. The van der Waals surface area contributed by atoms with Crippen molar-refractivity contribution in [3.05, 3.63) is 220 Å². The number of hydrogen-bond acceptors (Lipinski definition) is 6. The number of amides is 2. The van der Waals surface area contributed by atoms with E-state index in [1.807, 2.05) is 121 Å². The molecule has 0 saturated heterocycles. The van der Waals surface area contributed by atoms with Crippen molar-refractivity contribution < 1.29 is 24.0 Å². The first kappa shape index (κ1) is 32.1. The maximum absolute atomic E-state index is 13.9. The molecule has 0 aliphatic carbocycles. The zero-order valence-corrected chi connectivity index (χ0v) is 26.9. The molecule has 0 radical (unpaired) electrons. The van der Waals surface area contributed by atoms with E-state index in [9.17, 15) is 14.4 Å². The van der Waals surface area contributed by atoms with Crippen molar-refractivity contribution in [2.24, 2.45) is 0 Å². The molecule has 0 bridgehead atoms. The predicted octanol–water partition coefficient (Wildman–Crippen LogP) is 7.69. The molecule has 2 amide bonds. The number of fused-ring (bicyclic) bond motifs is 1. The van der Waals surface area contributed by atoms with Crippen LogP contribution in [0.4, 0.5) is 0 Å². The molecule has 1 unspecified atom stereocenters. The third-order valence-corrected chi connectivity index (χ3v) is 8.37. The van der Waals surface area contributed by atoms with Crippen molar-refractivity contribution >= 4 is 11.8 Å². The van der Waals surface area contributed by atoms with Gasteiger partial charge < -0.3 is 9.57 Å². The van der Waals surface area contributed by atoms with Crippen LogP contribution in [0.15, 0.2) is 175 Å². The van der Waals surface area contributed by atoms with Gasteiger partial charge in [-0.3, -0.25) is 14.4 Å². The van der Waals surface area contributed by atoms with Crippen LogP contribution in [-0.2, 0) is 4.84 Å². The molecule has 0 fully saturated rings. The molecule has 0 spiro atoms. The summed E-state index contributed by atoms with van der Waals surface area (Å²) in [7, 11) is 0. The van der Waals surface area contributed by atoms with Crippen LogP contribution >= 0.6 is 0 Å². The van der Waals surface area contributed by atoms with Crippen molar-refractivity contribution in [2.45, 2.75) is 18.3 Å². The van der Waals surface area contributed by atoms with Crippen LogP contribution in [0, 0.1) is 0 Å². The number of aromatic nitrogens is 1. The summed E-state index contributed by atoms with van der Waals surface area (Å²) < 4.78 is 7.93. The summed E-state index contributed by atoms with van der Waals surface area (Å²) in [5, 5.41) is 0.697. The fraction of sp³-hybridized carbons (Fsp3) is 0.0714. The molecular formula is C42H32N2O6. The summed E-state index contributed by atoms with van der Waals surface area (Å²) in [6.07, 6.45) is 0.446. The Morgan fingerprint density at radius 1 is 0.540 bits per heavy atom. The first-order chi connectivity index (χ1) is 24.5. The van der Waals surface area contributed by atoms with Crippen molar-refractivity contribution in [1.82, 2.24) is 9.79 Å². The fourth-order valence-electron chi connectivity index (χ4n) is 5.89. The molecule has 1 aromatic heterocycles. The highest BCUT2D eigenvalue weighted by Crippen LogP contribution is 2.32. The molecule has 1 aliphatic heterocycles. The van der Waals surface area contributed by atoms with E-state index in [1.54, 1.807) is 24.3 Å². The highest BCUT2D eigenvalue weighted by Gasteiger charge is 2.38. The average Bonchev–Trinajstić information content (AvgIpc) is 3.41. The Kier molecular flexibility index (Phi) is 9.18. The van der Waals surface area contributed by atoms with E-state index in [1.165, 1.54) is 23.1 Å². The van der Waals surface area contributed by atoms with Crippen LogP contribution in [-0.4, -0.2) is 21.6 Å². The maximum atomic E-state index is 13.9. The van der Waals surface area contributed by atoms with Gasteiger partial charge in [0, 0.05) is 6.07 Å². The number of ether oxygens (including phenoxy) is 1. The molecule has 6 aromatic rings. The lowest BCUT2D eigenvalue weighted by Gasteiger charge is -2.27. The number of hydrogen-bond donors (Lipinski definition) is 0. The lowest BCUT2D eigenvalue weighted by atomic mass is 10.0. The predicted molar refractivity (Wildman–Crippen MR) is 188 cm³/mol. The van der Waals surface area contributed by atoms with E-state index in [0.717, 1.165) is 22.3 Å². The second-order valence-corrected chi connectivity index (χ2v) is 11.6. The van der Waals surface area contributed by atoms with Gasteiger partial charge in [-0.25, -0.2) is 4.84 Å². The van der Waals surface area contributed by atoms with Crippen LogP contribution in [0.5, 0.6) is 5.75 Å². The van der Waals surface area contributed by atoms with E-state index < -0.39 is 35.6 Å². The number of nitrogens with zero attached hydrogens (tertiary/aromatic N) is 2. The summed E-state index contributed by atoms with van der Waals surface area (Å²) >= 11 is 0. The molecule has 0 saturated carbocycles. The molecule has 1 atom stereocenters. The summed E-state index contributed by atoms with van der Waals surface area (Å²) in [6, 6.07) is 46.3. The topological polar surface area (TPSA) is 87.1 Å². The molecule has 8 nitrogen and oxygen atoms in total. The van der Waals surface area contributed by atoms with E-state index >= 15 is 0 Å². The molecule has 50 heavy (non-hydrogen) atoms. The first-order valence-electron chi connectivity index (χ1n) is 16.1. The van der Waals surface area contributed by atoms with Crippen molar-refractivity contribution in [1.29, 1.82) is 0 Å². The van der Waals surface area contributed by atoms with Crippen molar-refractivity contribution in [3.63, 3.8) is 0 Å². The molecule has 7 rings (SSSR count). The normalized spacial score (nSPS) is 13.0. The number of benzene rings is 5. The third kappa shape index (κ3) is 6.48. The lowest BCUT2D eigenvalue weighted by Crippen LogP contribution is -2.33. The minimum Gasteiger partial charge on any atom is -0.475 e.